The van der Waals surface area contributed by atoms with E-state index in [4.69, 9.17) is 0 Å². The Morgan fingerprint density at radius 2 is 1.86 bits per heavy atom. The first kappa shape index (κ1) is 17.9. The Bertz CT molecular complexity index is 1400. The summed E-state index contributed by atoms with van der Waals surface area (Å²) in [4.78, 5) is 17.5. The summed E-state index contributed by atoms with van der Waals surface area (Å²) < 4.78 is 3.72. The van der Waals surface area contributed by atoms with Crippen molar-refractivity contribution in [1.29, 1.82) is 0 Å². The maximum atomic E-state index is 12.9. The van der Waals surface area contributed by atoms with Gasteiger partial charge in [0.1, 0.15) is 0 Å². The third-order valence-electron chi connectivity index (χ3n) is 5.00. The van der Waals surface area contributed by atoms with Crippen molar-refractivity contribution in [2.75, 3.05) is 0 Å². The van der Waals surface area contributed by atoms with Gasteiger partial charge in [-0.2, -0.15) is 0 Å². The predicted molar refractivity (Wildman–Crippen MR) is 116 cm³/mol. The Hall–Kier alpha value is -3.19. The number of para-hydroxylation sites is 2. The molecule has 6 nitrogen and oxygen atoms in total. The van der Waals surface area contributed by atoms with Gasteiger partial charge in [0.25, 0.3) is 5.56 Å². The van der Waals surface area contributed by atoms with E-state index in [1.807, 2.05) is 40.9 Å². The molecule has 144 valence electrons. The van der Waals surface area contributed by atoms with E-state index in [2.05, 4.69) is 46.4 Å². The highest BCUT2D eigenvalue weighted by Crippen LogP contribution is 2.27. The third kappa shape index (κ3) is 2.98. The number of pyridine rings is 1. The van der Waals surface area contributed by atoms with E-state index >= 15 is 0 Å². The summed E-state index contributed by atoms with van der Waals surface area (Å²) in [5, 5.41) is 11.4. The van der Waals surface area contributed by atoms with E-state index in [0.29, 0.717) is 17.7 Å². The number of nitrogens with zero attached hydrogens (tertiary/aromatic N) is 5. The topological polar surface area (TPSA) is 65.1 Å². The minimum absolute atomic E-state index is 0.0165. The molecule has 3 heterocycles. The summed E-state index contributed by atoms with van der Waals surface area (Å²) in [6, 6.07) is 17.9. The molecule has 0 spiro atoms. The van der Waals surface area contributed by atoms with Crippen LogP contribution in [0.3, 0.4) is 0 Å². The molecule has 7 heteroatoms. The maximum absolute atomic E-state index is 12.9. The quantitative estimate of drug-likeness (QED) is 0.411. The van der Waals surface area contributed by atoms with Gasteiger partial charge < -0.3 is 0 Å². The monoisotopic (exact) mass is 401 g/mol. The second-order valence-corrected chi connectivity index (χ2v) is 7.82. The molecule has 29 heavy (non-hydrogen) atoms. The first-order valence-corrected chi connectivity index (χ1v) is 10.6. The van der Waals surface area contributed by atoms with Crippen molar-refractivity contribution in [3.8, 4) is 0 Å². The standard InChI is InChI=1S/C22H19N5OS/c1-2-13-26-20(28)17-10-3-4-11-18(17)27-21(26)24-25-22(27)29-14-16-8-5-7-15-9-6-12-23-19(15)16/h3-12H,2,13-14H2,1H3. The SMILES string of the molecule is CCCn1c(=O)c2ccccc2n2c(SCc3cccc4cccnc34)nnc12. The number of thioether (sulfide) groups is 1. The average molecular weight is 401 g/mol. The number of aromatic nitrogens is 5. The molecule has 0 amide bonds. The maximum Gasteiger partial charge on any atom is 0.262 e. The van der Waals surface area contributed by atoms with Crippen LogP contribution in [-0.2, 0) is 12.3 Å². The Morgan fingerprint density at radius 1 is 1.00 bits per heavy atom. The van der Waals surface area contributed by atoms with Crippen LogP contribution in [-0.4, -0.2) is 24.1 Å². The molecule has 0 bridgehead atoms. The lowest BCUT2D eigenvalue weighted by Gasteiger charge is -2.10. The zero-order chi connectivity index (χ0) is 19.8. The molecule has 5 aromatic rings. The molecule has 0 radical (unpaired) electrons. The van der Waals surface area contributed by atoms with Crippen molar-refractivity contribution in [2.45, 2.75) is 30.8 Å². The Labute approximate surface area is 171 Å². The number of aryl methyl sites for hydroxylation is 1. The van der Waals surface area contributed by atoms with Gasteiger partial charge in [0.15, 0.2) is 5.16 Å². The van der Waals surface area contributed by atoms with E-state index in [1.165, 1.54) is 0 Å². The van der Waals surface area contributed by atoms with E-state index in [1.54, 1.807) is 16.3 Å². The van der Waals surface area contributed by atoms with Crippen molar-refractivity contribution in [3.05, 3.63) is 76.7 Å². The van der Waals surface area contributed by atoms with Crippen molar-refractivity contribution < 1.29 is 0 Å². The normalized spacial score (nSPS) is 11.6. The number of benzene rings is 2. The third-order valence-corrected chi connectivity index (χ3v) is 5.98. The van der Waals surface area contributed by atoms with E-state index in [9.17, 15) is 4.79 Å². The lowest BCUT2D eigenvalue weighted by molar-refractivity contribution is 0.662. The van der Waals surface area contributed by atoms with Gasteiger partial charge in [-0.25, -0.2) is 0 Å². The zero-order valence-electron chi connectivity index (χ0n) is 15.9. The molecule has 0 N–H and O–H groups in total. The molecule has 0 aliphatic heterocycles. The second kappa shape index (κ2) is 7.33. The number of hydrogen-bond acceptors (Lipinski definition) is 5. The van der Waals surface area contributed by atoms with E-state index in [0.717, 1.165) is 39.3 Å². The van der Waals surface area contributed by atoms with Gasteiger partial charge in [-0.3, -0.25) is 18.7 Å². The van der Waals surface area contributed by atoms with Crippen molar-refractivity contribution in [1.82, 2.24) is 24.1 Å². The second-order valence-electron chi connectivity index (χ2n) is 6.87. The fourth-order valence-electron chi connectivity index (χ4n) is 3.68. The molecule has 5 rings (SSSR count). The molecule has 0 aliphatic carbocycles. The van der Waals surface area contributed by atoms with Crippen LogP contribution in [0.15, 0.2) is 70.7 Å². The van der Waals surface area contributed by atoms with Crippen LogP contribution in [0.1, 0.15) is 18.9 Å². The van der Waals surface area contributed by atoms with Crippen LogP contribution in [0.25, 0.3) is 27.6 Å². The summed E-state index contributed by atoms with van der Waals surface area (Å²) in [5.74, 6) is 1.31. The zero-order valence-corrected chi connectivity index (χ0v) is 16.8. The van der Waals surface area contributed by atoms with Crippen LogP contribution in [0.4, 0.5) is 0 Å². The molecular weight excluding hydrogens is 382 g/mol. The molecule has 0 fully saturated rings. The predicted octanol–water partition coefficient (Wildman–Crippen LogP) is 4.29. The van der Waals surface area contributed by atoms with Gasteiger partial charge in [-0.15, -0.1) is 10.2 Å². The minimum atomic E-state index is -0.0165. The molecule has 3 aromatic heterocycles. The summed E-state index contributed by atoms with van der Waals surface area (Å²) in [7, 11) is 0. The molecule has 0 saturated carbocycles. The molecule has 0 saturated heterocycles. The lowest BCUT2D eigenvalue weighted by atomic mass is 10.1. The van der Waals surface area contributed by atoms with Crippen LogP contribution in [0.5, 0.6) is 0 Å². The smallest absolute Gasteiger partial charge is 0.262 e. The van der Waals surface area contributed by atoms with Crippen LogP contribution >= 0.6 is 11.8 Å². The van der Waals surface area contributed by atoms with Gasteiger partial charge in [0.05, 0.1) is 16.4 Å². The van der Waals surface area contributed by atoms with Gasteiger partial charge in [0.2, 0.25) is 5.78 Å². The fourth-order valence-corrected chi connectivity index (χ4v) is 4.60. The highest BCUT2D eigenvalue weighted by molar-refractivity contribution is 7.98. The fraction of sp³-hybridized carbons (Fsp3) is 0.182. The Morgan fingerprint density at radius 3 is 2.76 bits per heavy atom. The number of hydrogen-bond donors (Lipinski definition) is 0. The molecule has 0 unspecified atom stereocenters. The first-order valence-electron chi connectivity index (χ1n) is 9.60. The minimum Gasteiger partial charge on any atom is -0.276 e. The molecule has 0 atom stereocenters. The van der Waals surface area contributed by atoms with Crippen LogP contribution in [0.2, 0.25) is 0 Å². The van der Waals surface area contributed by atoms with Crippen molar-refractivity contribution >= 4 is 39.3 Å². The largest absolute Gasteiger partial charge is 0.276 e. The first-order chi connectivity index (χ1) is 14.3. The van der Waals surface area contributed by atoms with Gasteiger partial charge in [-0.05, 0) is 30.2 Å². The Balaban J connectivity index is 1.63. The number of fused-ring (bicyclic) bond motifs is 4. The van der Waals surface area contributed by atoms with E-state index in [-0.39, 0.29) is 5.56 Å². The van der Waals surface area contributed by atoms with Gasteiger partial charge in [-0.1, -0.05) is 55.1 Å². The van der Waals surface area contributed by atoms with Crippen LogP contribution < -0.4 is 5.56 Å². The Kier molecular flexibility index (Phi) is 4.52. The molecule has 0 aliphatic rings. The van der Waals surface area contributed by atoms with Crippen molar-refractivity contribution in [3.63, 3.8) is 0 Å². The summed E-state index contributed by atoms with van der Waals surface area (Å²) in [6.07, 6.45) is 2.67. The van der Waals surface area contributed by atoms with Crippen LogP contribution in [0, 0.1) is 0 Å². The van der Waals surface area contributed by atoms with E-state index < -0.39 is 0 Å². The molecule has 2 aromatic carbocycles. The number of rotatable bonds is 5. The summed E-state index contributed by atoms with van der Waals surface area (Å²) in [5.41, 5.74) is 2.97. The summed E-state index contributed by atoms with van der Waals surface area (Å²) >= 11 is 1.61. The highest BCUT2D eigenvalue weighted by atomic mass is 32.2. The van der Waals surface area contributed by atoms with Gasteiger partial charge in [0, 0.05) is 23.9 Å². The van der Waals surface area contributed by atoms with Crippen molar-refractivity contribution in [2.24, 2.45) is 0 Å². The van der Waals surface area contributed by atoms with Gasteiger partial charge >= 0.3 is 0 Å². The average Bonchev–Trinajstić information content (AvgIpc) is 3.19. The molecular formula is C22H19N5OS. The lowest BCUT2D eigenvalue weighted by Crippen LogP contribution is -2.23. The highest BCUT2D eigenvalue weighted by Gasteiger charge is 2.16. The summed E-state index contributed by atoms with van der Waals surface area (Å²) in [6.45, 7) is 2.67.